The third kappa shape index (κ3) is 3.86. The smallest absolute Gasteiger partial charge is 0.250 e. The van der Waals surface area contributed by atoms with Crippen LogP contribution in [0.1, 0.15) is 25.1 Å². The molecule has 0 bridgehead atoms. The molecule has 0 saturated heterocycles. The fourth-order valence-corrected chi connectivity index (χ4v) is 3.45. The molecule has 0 aliphatic rings. The van der Waals surface area contributed by atoms with E-state index in [9.17, 15) is 8.42 Å². The Morgan fingerprint density at radius 1 is 1.44 bits per heavy atom. The molecule has 4 nitrogen and oxygen atoms in total. The zero-order valence-electron chi connectivity index (χ0n) is 9.43. The highest BCUT2D eigenvalue weighted by molar-refractivity contribution is 7.91. The number of thiophene rings is 1. The zero-order chi connectivity index (χ0) is 12.2. The maximum atomic E-state index is 11.8. The second-order valence-electron chi connectivity index (χ2n) is 3.96. The van der Waals surface area contributed by atoms with Gasteiger partial charge in [-0.1, -0.05) is 13.8 Å². The molecular formula is C10H17NO3S2. The number of aliphatic hydroxyl groups excluding tert-OH is 1. The summed E-state index contributed by atoms with van der Waals surface area (Å²) in [4.78, 5) is 0.657. The first-order valence-electron chi connectivity index (χ1n) is 5.15. The van der Waals surface area contributed by atoms with E-state index in [0.717, 1.165) is 17.8 Å². The van der Waals surface area contributed by atoms with Crippen molar-refractivity contribution in [2.45, 2.75) is 31.1 Å². The van der Waals surface area contributed by atoms with Gasteiger partial charge in [0, 0.05) is 11.4 Å². The molecule has 1 rings (SSSR count). The van der Waals surface area contributed by atoms with Gasteiger partial charge in [0.15, 0.2) is 0 Å². The van der Waals surface area contributed by atoms with Crippen LogP contribution in [-0.4, -0.2) is 20.1 Å². The first-order valence-corrected chi connectivity index (χ1v) is 7.45. The zero-order valence-corrected chi connectivity index (χ0v) is 11.1. The van der Waals surface area contributed by atoms with Gasteiger partial charge in [-0.15, -0.1) is 11.3 Å². The molecule has 0 amide bonds. The highest BCUT2D eigenvalue weighted by Crippen LogP contribution is 2.21. The van der Waals surface area contributed by atoms with Gasteiger partial charge in [0.2, 0.25) is 10.0 Å². The Hall–Kier alpha value is -0.430. The minimum absolute atomic E-state index is 0.119. The number of rotatable bonds is 6. The normalized spacial score (nSPS) is 12.2. The third-order valence-corrected chi connectivity index (χ3v) is 5.09. The number of hydrogen-bond acceptors (Lipinski definition) is 4. The Kier molecular flexibility index (Phi) is 4.91. The van der Waals surface area contributed by atoms with E-state index in [2.05, 4.69) is 4.72 Å². The Bertz CT molecular complexity index is 423. The quantitative estimate of drug-likeness (QED) is 0.818. The lowest BCUT2D eigenvalue weighted by Gasteiger charge is -2.06. The van der Waals surface area contributed by atoms with Crippen LogP contribution in [0.2, 0.25) is 0 Å². The topological polar surface area (TPSA) is 66.4 Å². The molecule has 0 radical (unpaired) electrons. The lowest BCUT2D eigenvalue weighted by atomic mass is 10.1. The van der Waals surface area contributed by atoms with Crippen LogP contribution in [0.15, 0.2) is 16.3 Å². The molecule has 6 heteroatoms. The van der Waals surface area contributed by atoms with Crippen LogP contribution in [0.3, 0.4) is 0 Å². The molecule has 0 aliphatic carbocycles. The van der Waals surface area contributed by atoms with Gasteiger partial charge in [-0.25, -0.2) is 13.1 Å². The van der Waals surface area contributed by atoms with Gasteiger partial charge in [-0.2, -0.15) is 0 Å². The van der Waals surface area contributed by atoms with Gasteiger partial charge in [0.25, 0.3) is 0 Å². The van der Waals surface area contributed by atoms with Crippen molar-refractivity contribution in [2.75, 3.05) is 6.54 Å². The summed E-state index contributed by atoms with van der Waals surface area (Å²) in [5, 5.41) is 8.86. The molecule has 0 aliphatic heterocycles. The number of aliphatic hydroxyl groups is 1. The number of sulfonamides is 1. The highest BCUT2D eigenvalue weighted by atomic mass is 32.2. The lowest BCUT2D eigenvalue weighted by molar-refractivity contribution is 0.285. The van der Waals surface area contributed by atoms with Gasteiger partial charge in [0.1, 0.15) is 4.21 Å². The second kappa shape index (κ2) is 5.77. The highest BCUT2D eigenvalue weighted by Gasteiger charge is 2.15. The van der Waals surface area contributed by atoms with E-state index in [1.165, 1.54) is 6.07 Å². The van der Waals surface area contributed by atoms with Crippen molar-refractivity contribution in [3.8, 4) is 0 Å². The van der Waals surface area contributed by atoms with E-state index in [4.69, 9.17) is 5.11 Å². The maximum absolute atomic E-state index is 11.8. The molecule has 1 aromatic heterocycles. The summed E-state index contributed by atoms with van der Waals surface area (Å²) < 4.78 is 26.3. The standard InChI is InChI=1S/C10H17NO3S2/c1-8(2)5-6-11-16(13,14)10-4-3-9(7-12)15-10/h3-4,8,11-12H,5-7H2,1-2H3. The van der Waals surface area contributed by atoms with Crippen LogP contribution in [0.4, 0.5) is 0 Å². The largest absolute Gasteiger partial charge is 0.391 e. The van der Waals surface area contributed by atoms with Crippen molar-refractivity contribution in [2.24, 2.45) is 5.92 Å². The van der Waals surface area contributed by atoms with Crippen LogP contribution in [0.25, 0.3) is 0 Å². The summed E-state index contributed by atoms with van der Waals surface area (Å²) in [6, 6.07) is 3.15. The van der Waals surface area contributed by atoms with Crippen LogP contribution in [0.5, 0.6) is 0 Å². The van der Waals surface area contributed by atoms with E-state index in [-0.39, 0.29) is 10.8 Å². The molecule has 16 heavy (non-hydrogen) atoms. The fraction of sp³-hybridized carbons (Fsp3) is 0.600. The molecule has 0 fully saturated rings. The Labute approximate surface area is 100 Å². The molecule has 0 spiro atoms. The minimum Gasteiger partial charge on any atom is -0.391 e. The summed E-state index contributed by atoms with van der Waals surface area (Å²) in [5.74, 6) is 0.471. The molecule has 92 valence electrons. The minimum atomic E-state index is -3.39. The monoisotopic (exact) mass is 263 g/mol. The molecule has 0 unspecified atom stereocenters. The van der Waals surface area contributed by atoms with E-state index in [1.54, 1.807) is 6.07 Å². The fourth-order valence-electron chi connectivity index (χ4n) is 1.14. The first-order chi connectivity index (χ1) is 7.45. The average Bonchev–Trinajstić information content (AvgIpc) is 2.65. The molecule has 1 aromatic rings. The van der Waals surface area contributed by atoms with Crippen LogP contribution in [-0.2, 0) is 16.6 Å². The van der Waals surface area contributed by atoms with Gasteiger partial charge in [-0.05, 0) is 24.5 Å². The second-order valence-corrected chi connectivity index (χ2v) is 7.12. The van der Waals surface area contributed by atoms with E-state index in [0.29, 0.717) is 17.3 Å². The van der Waals surface area contributed by atoms with Crippen molar-refractivity contribution >= 4 is 21.4 Å². The summed E-state index contributed by atoms with van der Waals surface area (Å²) in [6.45, 7) is 4.42. The Balaban J connectivity index is 2.63. The van der Waals surface area contributed by atoms with Crippen molar-refractivity contribution in [3.63, 3.8) is 0 Å². The Morgan fingerprint density at radius 3 is 2.62 bits per heavy atom. The third-order valence-electron chi connectivity index (χ3n) is 2.07. The SMILES string of the molecule is CC(C)CCNS(=O)(=O)c1ccc(CO)s1. The first kappa shape index (κ1) is 13.6. The van der Waals surface area contributed by atoms with E-state index >= 15 is 0 Å². The Morgan fingerprint density at radius 2 is 2.12 bits per heavy atom. The number of hydrogen-bond donors (Lipinski definition) is 2. The van der Waals surface area contributed by atoms with Crippen LogP contribution >= 0.6 is 11.3 Å². The lowest BCUT2D eigenvalue weighted by Crippen LogP contribution is -2.24. The van der Waals surface area contributed by atoms with Crippen molar-refractivity contribution in [1.29, 1.82) is 0 Å². The van der Waals surface area contributed by atoms with Crippen molar-refractivity contribution < 1.29 is 13.5 Å². The maximum Gasteiger partial charge on any atom is 0.250 e. The summed E-state index contributed by atoms with van der Waals surface area (Å²) in [7, 11) is -3.39. The predicted octanol–water partition coefficient (Wildman–Crippen LogP) is 1.56. The van der Waals surface area contributed by atoms with E-state index in [1.807, 2.05) is 13.8 Å². The molecule has 0 saturated carbocycles. The summed E-state index contributed by atoms with van der Waals surface area (Å²) >= 11 is 1.10. The van der Waals surface area contributed by atoms with Crippen molar-refractivity contribution in [3.05, 3.63) is 17.0 Å². The van der Waals surface area contributed by atoms with Gasteiger partial charge in [-0.3, -0.25) is 0 Å². The average molecular weight is 263 g/mol. The van der Waals surface area contributed by atoms with E-state index < -0.39 is 10.0 Å². The van der Waals surface area contributed by atoms with Crippen LogP contribution < -0.4 is 4.72 Å². The predicted molar refractivity (Wildman–Crippen MR) is 64.9 cm³/mol. The molecule has 0 aromatic carbocycles. The summed E-state index contributed by atoms with van der Waals surface area (Å²) in [6.07, 6.45) is 0.817. The molecule has 2 N–H and O–H groups in total. The van der Waals surface area contributed by atoms with Gasteiger partial charge in [0.05, 0.1) is 6.61 Å². The van der Waals surface area contributed by atoms with Crippen molar-refractivity contribution in [1.82, 2.24) is 4.72 Å². The molecule has 1 heterocycles. The molecule has 0 atom stereocenters. The summed E-state index contributed by atoms with van der Waals surface area (Å²) in [5.41, 5.74) is 0. The van der Waals surface area contributed by atoms with Gasteiger partial charge >= 0.3 is 0 Å². The van der Waals surface area contributed by atoms with Gasteiger partial charge < -0.3 is 5.11 Å². The van der Waals surface area contributed by atoms with Crippen LogP contribution in [0, 0.1) is 5.92 Å². The number of nitrogens with one attached hydrogen (secondary N) is 1. The molecular weight excluding hydrogens is 246 g/mol.